The number of hydrazone groups is 1. The molecule has 0 fully saturated rings. The fourth-order valence-electron chi connectivity index (χ4n) is 4.85. The average molecular weight is 628 g/mol. The van der Waals surface area contributed by atoms with Gasteiger partial charge in [-0.3, -0.25) is 4.79 Å². The van der Waals surface area contributed by atoms with Crippen LogP contribution in [0, 0.1) is 0 Å². The minimum Gasteiger partial charge on any atom is -0.493 e. The quantitative estimate of drug-likeness (QED) is 0.105. The maximum absolute atomic E-state index is 13.4. The fraction of sp³-hybridized carbons (Fsp3) is 0.167. The summed E-state index contributed by atoms with van der Waals surface area (Å²) in [6, 6.07) is 19.3. The number of nitrogens with two attached hydrogens (primary N) is 1. The number of fused-ring (bicyclic) bond motifs is 1. The van der Waals surface area contributed by atoms with Crippen molar-refractivity contribution in [2.24, 2.45) is 5.10 Å². The maximum Gasteiger partial charge on any atom is 0.343 e. The van der Waals surface area contributed by atoms with Crippen LogP contribution in [0.5, 0.6) is 11.5 Å². The van der Waals surface area contributed by atoms with E-state index in [0.717, 1.165) is 18.7 Å². The SMILES string of the molecule is COc1cc(/C(C)=N/NC(=O)c2nnn(-c3nonc3N)c2CN2CCc3ccccc32)ccc1OC(=O)c1ccc(Cl)cc1. The van der Waals surface area contributed by atoms with Crippen molar-refractivity contribution in [2.45, 2.75) is 19.9 Å². The predicted octanol–water partition coefficient (Wildman–Crippen LogP) is 3.83. The number of para-hydroxylation sites is 1. The van der Waals surface area contributed by atoms with E-state index in [-0.39, 0.29) is 29.6 Å². The lowest BCUT2D eigenvalue weighted by Crippen LogP contribution is -2.26. The highest BCUT2D eigenvalue weighted by Gasteiger charge is 2.28. The second-order valence-corrected chi connectivity index (χ2v) is 10.4. The summed E-state index contributed by atoms with van der Waals surface area (Å²) in [5.41, 5.74) is 12.6. The Morgan fingerprint density at radius 1 is 1.07 bits per heavy atom. The molecule has 228 valence electrons. The molecule has 15 heteroatoms. The van der Waals surface area contributed by atoms with E-state index in [9.17, 15) is 9.59 Å². The number of hydrogen-bond donors (Lipinski definition) is 2. The van der Waals surface area contributed by atoms with Crippen LogP contribution in [0.1, 0.15) is 44.6 Å². The number of amides is 1. The molecule has 0 saturated carbocycles. The van der Waals surface area contributed by atoms with Crippen molar-refractivity contribution in [1.29, 1.82) is 0 Å². The third-order valence-corrected chi connectivity index (χ3v) is 7.44. The molecule has 0 radical (unpaired) electrons. The molecule has 1 aliphatic heterocycles. The Hall–Kier alpha value is -5.76. The summed E-state index contributed by atoms with van der Waals surface area (Å²) in [4.78, 5) is 28.1. The molecule has 6 rings (SSSR count). The summed E-state index contributed by atoms with van der Waals surface area (Å²) in [6.07, 6.45) is 0.860. The van der Waals surface area contributed by atoms with Crippen LogP contribution in [0.25, 0.3) is 5.82 Å². The second kappa shape index (κ2) is 12.5. The van der Waals surface area contributed by atoms with Gasteiger partial charge in [-0.15, -0.1) is 5.10 Å². The zero-order valence-corrected chi connectivity index (χ0v) is 24.9. The zero-order chi connectivity index (χ0) is 31.5. The minimum absolute atomic E-state index is 0.0000324. The Bertz CT molecular complexity index is 1920. The predicted molar refractivity (Wildman–Crippen MR) is 164 cm³/mol. The number of methoxy groups -OCH3 is 1. The van der Waals surface area contributed by atoms with Gasteiger partial charge in [0.25, 0.3) is 5.91 Å². The molecule has 1 aliphatic rings. The van der Waals surface area contributed by atoms with Crippen LogP contribution in [-0.2, 0) is 13.0 Å². The number of nitrogens with one attached hydrogen (secondary N) is 1. The number of esters is 1. The third kappa shape index (κ3) is 6.03. The standard InChI is InChI=1S/C30H26ClN9O5/c1-17(20-9-12-24(25(15-20)43-2)44-30(42)19-7-10-21(31)11-8-19)33-35-29(41)26-23(40(38-34-26)28-27(32)36-45-37-28)16-39-14-13-18-5-3-4-6-22(18)39/h3-12,15H,13-14,16H2,1-2H3,(H2,32,36)(H,35,41)/b33-17+. The van der Waals surface area contributed by atoms with E-state index >= 15 is 0 Å². The Kier molecular flexibility index (Phi) is 8.12. The van der Waals surface area contributed by atoms with Crippen molar-refractivity contribution < 1.29 is 23.7 Å². The molecular formula is C30H26ClN9O5. The van der Waals surface area contributed by atoms with E-state index in [1.807, 2.05) is 18.2 Å². The Balaban J connectivity index is 1.22. The first-order valence-electron chi connectivity index (χ1n) is 13.7. The van der Waals surface area contributed by atoms with Gasteiger partial charge in [-0.05, 0) is 77.8 Å². The van der Waals surface area contributed by atoms with Crippen LogP contribution in [0.3, 0.4) is 0 Å². The number of carbonyl (C=O) groups excluding carboxylic acids is 2. The van der Waals surface area contributed by atoms with E-state index in [1.165, 1.54) is 17.4 Å². The third-order valence-electron chi connectivity index (χ3n) is 7.19. The second-order valence-electron chi connectivity index (χ2n) is 9.97. The van der Waals surface area contributed by atoms with E-state index in [0.29, 0.717) is 33.3 Å². The topological polar surface area (TPSA) is 176 Å². The van der Waals surface area contributed by atoms with E-state index in [2.05, 4.69) is 42.1 Å². The number of nitrogen functional groups attached to an aromatic ring is 1. The van der Waals surface area contributed by atoms with Gasteiger partial charge in [0.05, 0.1) is 30.6 Å². The first-order chi connectivity index (χ1) is 21.8. The van der Waals surface area contributed by atoms with Crippen LogP contribution in [-0.4, -0.2) is 56.5 Å². The number of halogens is 1. The number of carbonyl (C=O) groups is 2. The van der Waals surface area contributed by atoms with Crippen LogP contribution in [0.2, 0.25) is 5.02 Å². The van der Waals surface area contributed by atoms with Gasteiger partial charge in [-0.2, -0.15) is 9.78 Å². The molecule has 3 N–H and O–H groups in total. The van der Waals surface area contributed by atoms with Gasteiger partial charge in [0.2, 0.25) is 11.6 Å². The number of benzene rings is 3. The number of hydrogen-bond acceptors (Lipinski definition) is 12. The van der Waals surface area contributed by atoms with Crippen LogP contribution < -0.4 is 25.5 Å². The van der Waals surface area contributed by atoms with Gasteiger partial charge in [0, 0.05) is 22.8 Å². The maximum atomic E-state index is 13.4. The molecule has 1 amide bonds. The summed E-state index contributed by atoms with van der Waals surface area (Å²) < 4.78 is 17.1. The van der Waals surface area contributed by atoms with Gasteiger partial charge in [-0.25, -0.2) is 14.8 Å². The lowest BCUT2D eigenvalue weighted by atomic mass is 10.1. The Morgan fingerprint density at radius 3 is 2.60 bits per heavy atom. The number of rotatable bonds is 9. The molecule has 5 aromatic rings. The van der Waals surface area contributed by atoms with Crippen molar-refractivity contribution in [1.82, 2.24) is 30.7 Å². The summed E-state index contributed by atoms with van der Waals surface area (Å²) in [6.45, 7) is 2.73. The van der Waals surface area contributed by atoms with Crippen LogP contribution in [0.4, 0.5) is 11.5 Å². The zero-order valence-electron chi connectivity index (χ0n) is 24.1. The fourth-order valence-corrected chi connectivity index (χ4v) is 4.98. The summed E-state index contributed by atoms with van der Waals surface area (Å²) >= 11 is 5.91. The molecule has 14 nitrogen and oxygen atoms in total. The molecule has 3 heterocycles. The average Bonchev–Trinajstić information content (AvgIpc) is 3.78. The Labute approximate surface area is 261 Å². The summed E-state index contributed by atoms with van der Waals surface area (Å²) in [7, 11) is 1.45. The summed E-state index contributed by atoms with van der Waals surface area (Å²) in [5.74, 6) is -0.541. The molecule has 0 bridgehead atoms. The van der Waals surface area contributed by atoms with Gasteiger partial charge >= 0.3 is 5.97 Å². The first kappa shape index (κ1) is 29.3. The highest BCUT2D eigenvalue weighted by Crippen LogP contribution is 2.31. The van der Waals surface area contributed by atoms with E-state index < -0.39 is 11.9 Å². The lowest BCUT2D eigenvalue weighted by Gasteiger charge is -2.19. The van der Waals surface area contributed by atoms with Crippen molar-refractivity contribution in [3.05, 3.63) is 99.8 Å². The van der Waals surface area contributed by atoms with Crippen molar-refractivity contribution >= 4 is 40.7 Å². The van der Waals surface area contributed by atoms with E-state index in [4.69, 9.17) is 31.4 Å². The smallest absolute Gasteiger partial charge is 0.343 e. The normalized spacial score (nSPS) is 12.6. The van der Waals surface area contributed by atoms with Gasteiger partial charge in [0.1, 0.15) is 0 Å². The Morgan fingerprint density at radius 2 is 1.84 bits per heavy atom. The molecule has 0 unspecified atom stereocenters. The minimum atomic E-state index is -0.599. The van der Waals surface area contributed by atoms with Gasteiger partial charge in [-0.1, -0.05) is 35.0 Å². The van der Waals surface area contributed by atoms with Crippen molar-refractivity contribution in [2.75, 3.05) is 24.3 Å². The van der Waals surface area contributed by atoms with Gasteiger partial charge < -0.3 is 20.1 Å². The number of nitrogens with zero attached hydrogens (tertiary/aromatic N) is 7. The molecular weight excluding hydrogens is 602 g/mol. The molecule has 2 aromatic heterocycles. The van der Waals surface area contributed by atoms with Crippen molar-refractivity contribution in [3.8, 4) is 17.3 Å². The lowest BCUT2D eigenvalue weighted by molar-refractivity contribution is 0.0729. The van der Waals surface area contributed by atoms with Crippen LogP contribution >= 0.6 is 11.6 Å². The monoisotopic (exact) mass is 627 g/mol. The summed E-state index contributed by atoms with van der Waals surface area (Å²) in [5, 5.41) is 20.5. The number of ether oxygens (including phenoxy) is 2. The first-order valence-corrected chi connectivity index (χ1v) is 14.1. The molecule has 3 aromatic carbocycles. The van der Waals surface area contributed by atoms with Crippen LogP contribution in [0.15, 0.2) is 76.5 Å². The molecule has 0 aliphatic carbocycles. The molecule has 45 heavy (non-hydrogen) atoms. The molecule has 0 spiro atoms. The number of anilines is 2. The molecule has 0 atom stereocenters. The largest absolute Gasteiger partial charge is 0.493 e. The number of aromatic nitrogens is 5. The highest BCUT2D eigenvalue weighted by molar-refractivity contribution is 6.30. The van der Waals surface area contributed by atoms with Crippen molar-refractivity contribution in [3.63, 3.8) is 0 Å². The highest BCUT2D eigenvalue weighted by atomic mass is 35.5. The van der Waals surface area contributed by atoms with Gasteiger partial charge in [0.15, 0.2) is 17.2 Å². The molecule has 0 saturated heterocycles. The van der Waals surface area contributed by atoms with E-state index in [1.54, 1.807) is 49.4 Å².